The van der Waals surface area contributed by atoms with E-state index in [1.807, 2.05) is 18.7 Å². The maximum Gasteiger partial charge on any atom is 0.410 e. The van der Waals surface area contributed by atoms with E-state index in [1.54, 1.807) is 0 Å². The lowest BCUT2D eigenvalue weighted by Gasteiger charge is -2.33. The Hall–Kier alpha value is -3.40. The van der Waals surface area contributed by atoms with Crippen molar-refractivity contribution in [3.63, 3.8) is 0 Å². The molecule has 33 heavy (non-hydrogen) atoms. The van der Waals surface area contributed by atoms with Crippen LogP contribution in [0.5, 0.6) is 0 Å². The van der Waals surface area contributed by atoms with Crippen LogP contribution in [0.25, 0.3) is 16.7 Å². The molecule has 6 rings (SSSR count). The van der Waals surface area contributed by atoms with Gasteiger partial charge in [0.05, 0.1) is 6.04 Å². The summed E-state index contributed by atoms with van der Waals surface area (Å²) in [6, 6.07) is 21.6. The van der Waals surface area contributed by atoms with Crippen LogP contribution in [0.1, 0.15) is 53.3 Å². The number of amides is 1. The minimum absolute atomic E-state index is 0.0951. The average molecular weight is 437 g/mol. The Morgan fingerprint density at radius 1 is 0.970 bits per heavy atom. The second-order valence-electron chi connectivity index (χ2n) is 9.54. The molecule has 3 heterocycles. The number of carbonyl (C=O) groups excluding carboxylic acids is 1. The first kappa shape index (κ1) is 20.2. The normalized spacial score (nSPS) is 20.9. The van der Waals surface area contributed by atoms with Gasteiger partial charge in [0, 0.05) is 23.3 Å². The SMILES string of the molecule is Cc1cc(C2=CC3CCC(C2)N3C(=O)OCC2c3ccccc3-c3ccccc32)cc(C)n1. The lowest BCUT2D eigenvalue weighted by atomic mass is 9.94. The predicted molar refractivity (Wildman–Crippen MR) is 130 cm³/mol. The molecule has 4 nitrogen and oxygen atoms in total. The van der Waals surface area contributed by atoms with Crippen LogP contribution in [-0.2, 0) is 4.74 Å². The molecule has 0 saturated carbocycles. The molecule has 3 aromatic rings. The van der Waals surface area contributed by atoms with E-state index in [4.69, 9.17) is 4.74 Å². The summed E-state index contributed by atoms with van der Waals surface area (Å²) < 4.78 is 5.99. The Labute approximate surface area is 194 Å². The maximum absolute atomic E-state index is 13.3. The molecule has 1 amide bonds. The van der Waals surface area contributed by atoms with Crippen molar-refractivity contribution >= 4 is 11.7 Å². The molecule has 1 saturated heterocycles. The number of nitrogens with zero attached hydrogens (tertiary/aromatic N) is 2. The van der Waals surface area contributed by atoms with Crippen LogP contribution < -0.4 is 0 Å². The zero-order chi connectivity index (χ0) is 22.5. The molecule has 2 atom stereocenters. The molecule has 2 aromatic carbocycles. The predicted octanol–water partition coefficient (Wildman–Crippen LogP) is 6.27. The average Bonchev–Trinajstić information content (AvgIpc) is 3.27. The lowest BCUT2D eigenvalue weighted by Crippen LogP contribution is -2.43. The highest BCUT2D eigenvalue weighted by Crippen LogP contribution is 2.45. The molecule has 2 aliphatic heterocycles. The number of pyridine rings is 1. The van der Waals surface area contributed by atoms with Gasteiger partial charge >= 0.3 is 6.09 Å². The van der Waals surface area contributed by atoms with Crippen molar-refractivity contribution in [1.82, 2.24) is 9.88 Å². The summed E-state index contributed by atoms with van der Waals surface area (Å²) in [6.45, 7) is 4.46. The minimum Gasteiger partial charge on any atom is -0.448 e. The molecule has 0 radical (unpaired) electrons. The number of aromatic nitrogens is 1. The van der Waals surface area contributed by atoms with Gasteiger partial charge in [0.25, 0.3) is 0 Å². The van der Waals surface area contributed by atoms with Gasteiger partial charge in [-0.25, -0.2) is 4.79 Å². The first-order chi connectivity index (χ1) is 16.1. The van der Waals surface area contributed by atoms with E-state index in [0.717, 1.165) is 30.7 Å². The van der Waals surface area contributed by atoms with Crippen LogP contribution in [-0.4, -0.2) is 34.7 Å². The number of hydrogen-bond donors (Lipinski definition) is 0. The molecule has 4 heteroatoms. The van der Waals surface area contributed by atoms with Crippen LogP contribution in [0.4, 0.5) is 4.79 Å². The second kappa shape index (κ2) is 7.87. The molecule has 1 aromatic heterocycles. The molecule has 2 bridgehead atoms. The van der Waals surface area contributed by atoms with Gasteiger partial charge in [-0.3, -0.25) is 9.88 Å². The van der Waals surface area contributed by atoms with E-state index in [-0.39, 0.29) is 24.1 Å². The van der Waals surface area contributed by atoms with Gasteiger partial charge in [0.15, 0.2) is 0 Å². The summed E-state index contributed by atoms with van der Waals surface area (Å²) in [5, 5.41) is 0. The number of ether oxygens (including phenoxy) is 1. The largest absolute Gasteiger partial charge is 0.448 e. The van der Waals surface area contributed by atoms with Crippen molar-refractivity contribution in [2.24, 2.45) is 0 Å². The van der Waals surface area contributed by atoms with Crippen LogP contribution in [0.2, 0.25) is 0 Å². The van der Waals surface area contributed by atoms with E-state index in [2.05, 4.69) is 71.7 Å². The van der Waals surface area contributed by atoms with E-state index in [1.165, 1.54) is 33.4 Å². The van der Waals surface area contributed by atoms with Gasteiger partial charge in [0.1, 0.15) is 6.61 Å². The van der Waals surface area contributed by atoms with Crippen molar-refractivity contribution in [2.45, 2.75) is 51.1 Å². The summed E-state index contributed by atoms with van der Waals surface area (Å²) in [5.41, 5.74) is 9.65. The number of carbonyl (C=O) groups is 1. The Balaban J connectivity index is 1.21. The van der Waals surface area contributed by atoms with Crippen LogP contribution in [0, 0.1) is 13.8 Å². The molecular weight excluding hydrogens is 408 g/mol. The van der Waals surface area contributed by atoms with Gasteiger partial charge in [-0.15, -0.1) is 0 Å². The summed E-state index contributed by atoms with van der Waals surface area (Å²) in [7, 11) is 0. The Morgan fingerprint density at radius 2 is 1.61 bits per heavy atom. The van der Waals surface area contributed by atoms with Gasteiger partial charge in [-0.05, 0) is 78.6 Å². The molecular formula is C29H28N2O2. The highest BCUT2D eigenvalue weighted by molar-refractivity contribution is 5.79. The quantitative estimate of drug-likeness (QED) is 0.486. The molecule has 1 fully saturated rings. The topological polar surface area (TPSA) is 42.4 Å². The second-order valence-corrected chi connectivity index (χ2v) is 9.54. The summed E-state index contributed by atoms with van der Waals surface area (Å²) in [4.78, 5) is 19.7. The highest BCUT2D eigenvalue weighted by Gasteiger charge is 2.41. The fourth-order valence-corrected chi connectivity index (χ4v) is 6.02. The number of fused-ring (bicyclic) bond motifs is 5. The number of hydrogen-bond acceptors (Lipinski definition) is 3. The van der Waals surface area contributed by atoms with Crippen LogP contribution in [0.15, 0.2) is 66.7 Å². The Kier molecular flexibility index (Phi) is 4.83. The van der Waals surface area contributed by atoms with E-state index >= 15 is 0 Å². The summed E-state index contributed by atoms with van der Waals surface area (Å²) in [5.74, 6) is 0.0951. The Bertz CT molecular complexity index is 1210. The molecule has 0 N–H and O–H groups in total. The molecule has 166 valence electrons. The molecule has 1 aliphatic carbocycles. The molecule has 3 aliphatic rings. The maximum atomic E-state index is 13.3. The fraction of sp³-hybridized carbons (Fsp3) is 0.310. The fourth-order valence-electron chi connectivity index (χ4n) is 6.02. The molecule has 2 unspecified atom stereocenters. The van der Waals surface area contributed by atoms with Crippen molar-refractivity contribution in [3.05, 3.63) is 94.8 Å². The van der Waals surface area contributed by atoms with Crippen molar-refractivity contribution in [1.29, 1.82) is 0 Å². The van der Waals surface area contributed by atoms with Crippen LogP contribution in [0.3, 0.4) is 0 Å². The third-order valence-electron chi connectivity index (χ3n) is 7.39. The first-order valence-electron chi connectivity index (χ1n) is 11.9. The first-order valence-corrected chi connectivity index (χ1v) is 11.9. The smallest absolute Gasteiger partial charge is 0.410 e. The molecule has 0 spiro atoms. The zero-order valence-corrected chi connectivity index (χ0v) is 19.1. The lowest BCUT2D eigenvalue weighted by molar-refractivity contribution is 0.0866. The van der Waals surface area contributed by atoms with Gasteiger partial charge in [0.2, 0.25) is 0 Å². The van der Waals surface area contributed by atoms with E-state index in [9.17, 15) is 4.79 Å². The zero-order valence-electron chi connectivity index (χ0n) is 19.1. The number of rotatable bonds is 3. The summed E-state index contributed by atoms with van der Waals surface area (Å²) in [6.07, 6.45) is 5.00. The van der Waals surface area contributed by atoms with Gasteiger partial charge in [-0.1, -0.05) is 54.6 Å². The number of aryl methyl sites for hydroxylation is 2. The van der Waals surface area contributed by atoms with E-state index < -0.39 is 0 Å². The van der Waals surface area contributed by atoms with Crippen molar-refractivity contribution in [2.75, 3.05) is 6.61 Å². The standard InChI is InChI=1S/C29H28N2O2/c1-18-13-20(14-19(2)30-18)21-15-22-11-12-23(16-21)31(22)29(32)33-17-28-26-9-5-3-7-24(26)25-8-4-6-10-27(25)28/h3-10,13-15,22-23,28H,11-12,16-17H2,1-2H3. The third-order valence-corrected chi connectivity index (χ3v) is 7.39. The van der Waals surface area contributed by atoms with E-state index in [0.29, 0.717) is 6.61 Å². The van der Waals surface area contributed by atoms with Crippen molar-refractivity contribution in [3.8, 4) is 11.1 Å². The monoisotopic (exact) mass is 436 g/mol. The van der Waals surface area contributed by atoms with Gasteiger partial charge < -0.3 is 4.74 Å². The Morgan fingerprint density at radius 3 is 2.24 bits per heavy atom. The van der Waals surface area contributed by atoms with Crippen molar-refractivity contribution < 1.29 is 9.53 Å². The van der Waals surface area contributed by atoms with Gasteiger partial charge in [-0.2, -0.15) is 0 Å². The third kappa shape index (κ3) is 3.45. The number of benzene rings is 2. The van der Waals surface area contributed by atoms with Crippen LogP contribution >= 0.6 is 0 Å². The summed E-state index contributed by atoms with van der Waals surface area (Å²) >= 11 is 0. The minimum atomic E-state index is -0.179. The highest BCUT2D eigenvalue weighted by atomic mass is 16.6.